The Morgan fingerprint density at radius 2 is 2.07 bits per heavy atom. The van der Waals surface area contributed by atoms with Crippen LogP contribution >= 0.6 is 0 Å². The van der Waals surface area contributed by atoms with Gasteiger partial charge in [0.2, 0.25) is 0 Å². The van der Waals surface area contributed by atoms with E-state index in [9.17, 15) is 4.79 Å². The first-order valence-electron chi connectivity index (χ1n) is 10.1. The summed E-state index contributed by atoms with van der Waals surface area (Å²) in [5, 5.41) is 9.06. The van der Waals surface area contributed by atoms with Crippen LogP contribution in [0.4, 0.5) is 16.3 Å². The lowest BCUT2D eigenvalue weighted by atomic mass is 10.1. The fourth-order valence-corrected chi connectivity index (χ4v) is 3.42. The number of nitrogens with one attached hydrogen (secondary N) is 3. The van der Waals surface area contributed by atoms with Gasteiger partial charge in [-0.25, -0.2) is 9.78 Å². The van der Waals surface area contributed by atoms with Gasteiger partial charge in [0.05, 0.1) is 0 Å². The summed E-state index contributed by atoms with van der Waals surface area (Å²) in [4.78, 5) is 16.8. The van der Waals surface area contributed by atoms with Crippen molar-refractivity contribution in [3.8, 4) is 5.75 Å². The molecule has 1 unspecified atom stereocenters. The number of amides is 2. The molecule has 0 spiro atoms. The Morgan fingerprint density at radius 3 is 2.90 bits per heavy atom. The molecule has 0 radical (unpaired) electrons. The minimum atomic E-state index is -0.227. The normalized spacial score (nSPS) is 17.2. The zero-order chi connectivity index (χ0) is 19.9. The second-order valence-corrected chi connectivity index (χ2v) is 7.20. The minimum Gasteiger partial charge on any atom is -0.486 e. The largest absolute Gasteiger partial charge is 0.486 e. The average molecular weight is 390 g/mol. The van der Waals surface area contributed by atoms with E-state index in [4.69, 9.17) is 4.74 Å². The highest BCUT2D eigenvalue weighted by Crippen LogP contribution is 2.20. The van der Waals surface area contributed by atoms with Gasteiger partial charge in [0.25, 0.3) is 0 Å². The van der Waals surface area contributed by atoms with E-state index < -0.39 is 0 Å². The number of carbonyl (C=O) groups excluding carboxylic acids is 1. The van der Waals surface area contributed by atoms with Gasteiger partial charge in [-0.3, -0.25) is 0 Å². The van der Waals surface area contributed by atoms with Gasteiger partial charge in [-0.15, -0.1) is 0 Å². The van der Waals surface area contributed by atoms with Crippen LogP contribution in [0.1, 0.15) is 24.1 Å². The van der Waals surface area contributed by atoms with E-state index >= 15 is 0 Å². The fraction of sp³-hybridized carbons (Fsp3) is 0.304. The summed E-state index contributed by atoms with van der Waals surface area (Å²) in [6.45, 7) is 1.50. The van der Waals surface area contributed by atoms with E-state index in [1.54, 1.807) is 0 Å². The summed E-state index contributed by atoms with van der Waals surface area (Å²) in [7, 11) is 0. The summed E-state index contributed by atoms with van der Waals surface area (Å²) in [6.07, 6.45) is 12.0. The Morgan fingerprint density at radius 1 is 1.17 bits per heavy atom. The Hall–Kier alpha value is -3.28. The summed E-state index contributed by atoms with van der Waals surface area (Å²) >= 11 is 0. The van der Waals surface area contributed by atoms with Gasteiger partial charge in [0, 0.05) is 37.3 Å². The number of carbonyl (C=O) groups is 1. The molecule has 150 valence electrons. The van der Waals surface area contributed by atoms with E-state index in [1.807, 2.05) is 48.6 Å². The highest BCUT2D eigenvalue weighted by atomic mass is 16.5. The van der Waals surface area contributed by atoms with Crippen molar-refractivity contribution in [2.24, 2.45) is 0 Å². The van der Waals surface area contributed by atoms with Crippen molar-refractivity contribution in [1.29, 1.82) is 0 Å². The standard InChI is InChI=1S/C23H26N4O2/c28-23(25-16-14-19-9-8-17-5-4-15-24-22(17)26-19)27-18-10-12-21(13-11-18)29-20-6-2-1-3-7-20/h1-3,6,8-13,20H,4-5,7,14-16H2,(H,24,26)(H2,25,27,28). The summed E-state index contributed by atoms with van der Waals surface area (Å²) in [5.41, 5.74) is 2.98. The van der Waals surface area contributed by atoms with Crippen LogP contribution in [0.5, 0.6) is 5.75 Å². The molecule has 2 aromatic rings. The van der Waals surface area contributed by atoms with Crippen LogP contribution < -0.4 is 20.7 Å². The molecular formula is C23H26N4O2. The van der Waals surface area contributed by atoms with Gasteiger partial charge in [0.1, 0.15) is 17.7 Å². The van der Waals surface area contributed by atoms with Gasteiger partial charge >= 0.3 is 6.03 Å². The number of ether oxygens (including phenoxy) is 1. The molecule has 0 bridgehead atoms. The predicted octanol–water partition coefficient (Wildman–Crippen LogP) is 4.07. The van der Waals surface area contributed by atoms with Gasteiger partial charge < -0.3 is 20.7 Å². The lowest BCUT2D eigenvalue weighted by Crippen LogP contribution is -2.30. The van der Waals surface area contributed by atoms with Crippen LogP contribution in [0, 0.1) is 0 Å². The smallest absolute Gasteiger partial charge is 0.319 e. The number of pyridine rings is 1. The first-order chi connectivity index (χ1) is 14.3. The fourth-order valence-electron chi connectivity index (χ4n) is 3.42. The molecule has 0 fully saturated rings. The van der Waals surface area contributed by atoms with Crippen molar-refractivity contribution < 1.29 is 9.53 Å². The average Bonchev–Trinajstić information content (AvgIpc) is 2.76. The first kappa shape index (κ1) is 19.1. The number of aromatic nitrogens is 1. The van der Waals surface area contributed by atoms with Gasteiger partial charge in [-0.05, 0) is 54.8 Å². The monoisotopic (exact) mass is 390 g/mol. The summed E-state index contributed by atoms with van der Waals surface area (Å²) in [5.74, 6) is 1.77. The molecule has 2 aliphatic rings. The molecule has 6 nitrogen and oxygen atoms in total. The molecule has 1 aliphatic carbocycles. The van der Waals surface area contributed by atoms with Gasteiger partial charge in [0.15, 0.2) is 0 Å². The molecule has 2 amide bonds. The molecule has 1 aromatic heterocycles. The summed E-state index contributed by atoms with van der Waals surface area (Å²) < 4.78 is 5.89. The zero-order valence-electron chi connectivity index (χ0n) is 16.4. The summed E-state index contributed by atoms with van der Waals surface area (Å²) in [6, 6.07) is 11.4. The van der Waals surface area contributed by atoms with Gasteiger partial charge in [-0.1, -0.05) is 24.3 Å². The topological polar surface area (TPSA) is 75.3 Å². The number of aryl methyl sites for hydroxylation is 1. The minimum absolute atomic E-state index is 0.0644. The van der Waals surface area contributed by atoms with Gasteiger partial charge in [-0.2, -0.15) is 0 Å². The van der Waals surface area contributed by atoms with Crippen LogP contribution in [0.15, 0.2) is 60.7 Å². The first-order valence-corrected chi connectivity index (χ1v) is 10.1. The second-order valence-electron chi connectivity index (χ2n) is 7.20. The third-order valence-electron chi connectivity index (χ3n) is 4.96. The van der Waals surface area contributed by atoms with Crippen LogP contribution in [-0.2, 0) is 12.8 Å². The number of rotatable bonds is 6. The number of benzene rings is 1. The highest BCUT2D eigenvalue weighted by Gasteiger charge is 2.11. The SMILES string of the molecule is O=C(NCCc1ccc2c(n1)NCCC2)Nc1ccc(OC2C=CC=CC2)cc1. The van der Waals surface area contributed by atoms with Crippen LogP contribution in [0.2, 0.25) is 0 Å². The van der Waals surface area contributed by atoms with Crippen molar-refractivity contribution in [2.45, 2.75) is 31.8 Å². The Kier molecular flexibility index (Phi) is 6.10. The highest BCUT2D eigenvalue weighted by molar-refractivity contribution is 5.89. The van der Waals surface area contributed by atoms with Crippen molar-refractivity contribution in [1.82, 2.24) is 10.3 Å². The molecule has 1 aliphatic heterocycles. The number of hydrogen-bond donors (Lipinski definition) is 3. The molecule has 2 heterocycles. The Labute approximate surface area is 171 Å². The number of fused-ring (bicyclic) bond motifs is 1. The van der Waals surface area contributed by atoms with Crippen LogP contribution in [0.3, 0.4) is 0 Å². The number of urea groups is 1. The maximum Gasteiger partial charge on any atom is 0.319 e. The molecular weight excluding hydrogens is 364 g/mol. The third-order valence-corrected chi connectivity index (χ3v) is 4.96. The number of allylic oxidation sites excluding steroid dienone is 2. The lowest BCUT2D eigenvalue weighted by molar-refractivity contribution is 0.251. The molecule has 29 heavy (non-hydrogen) atoms. The van der Waals surface area contributed by atoms with Crippen molar-refractivity contribution >= 4 is 17.5 Å². The van der Waals surface area contributed by atoms with E-state index in [2.05, 4.69) is 33.1 Å². The quantitative estimate of drug-likeness (QED) is 0.695. The Balaban J connectivity index is 1.21. The van der Waals surface area contributed by atoms with Crippen LogP contribution in [0.25, 0.3) is 0 Å². The van der Waals surface area contributed by atoms with Crippen molar-refractivity contribution in [2.75, 3.05) is 23.7 Å². The molecule has 0 saturated carbocycles. The molecule has 6 heteroatoms. The molecule has 3 N–H and O–H groups in total. The number of hydrogen-bond acceptors (Lipinski definition) is 4. The van der Waals surface area contributed by atoms with Crippen molar-refractivity contribution in [3.05, 3.63) is 72.0 Å². The van der Waals surface area contributed by atoms with E-state index in [1.165, 1.54) is 5.56 Å². The van der Waals surface area contributed by atoms with E-state index in [0.29, 0.717) is 13.0 Å². The number of anilines is 2. The third kappa shape index (κ3) is 5.38. The maximum atomic E-state index is 12.1. The maximum absolute atomic E-state index is 12.1. The number of nitrogens with zero attached hydrogens (tertiary/aromatic N) is 1. The second kappa shape index (κ2) is 9.28. The molecule has 1 aromatic carbocycles. The molecule has 0 saturated heterocycles. The molecule has 1 atom stereocenters. The van der Waals surface area contributed by atoms with Crippen LogP contribution in [-0.4, -0.2) is 30.2 Å². The molecule has 4 rings (SSSR count). The zero-order valence-corrected chi connectivity index (χ0v) is 16.4. The van der Waals surface area contributed by atoms with E-state index in [0.717, 1.165) is 48.8 Å². The lowest BCUT2D eigenvalue weighted by Gasteiger charge is -2.17. The Bertz CT molecular complexity index is 906. The van der Waals surface area contributed by atoms with Crippen molar-refractivity contribution in [3.63, 3.8) is 0 Å². The van der Waals surface area contributed by atoms with E-state index in [-0.39, 0.29) is 12.1 Å². The predicted molar refractivity (Wildman–Crippen MR) is 116 cm³/mol.